The first kappa shape index (κ1) is 18.8. The molecule has 1 aliphatic carbocycles. The summed E-state index contributed by atoms with van der Waals surface area (Å²) in [4.78, 5) is 16.7. The van der Waals surface area contributed by atoms with E-state index >= 15 is 0 Å². The number of rotatable bonds is 5. The average molecular weight is 362 g/mol. The number of hydrogen-bond acceptors (Lipinski definition) is 5. The zero-order valence-corrected chi connectivity index (χ0v) is 16.3. The molecular formula is C20H30N2O4. The topological polar surface area (TPSA) is 51.2 Å². The van der Waals surface area contributed by atoms with E-state index in [9.17, 15) is 4.79 Å². The van der Waals surface area contributed by atoms with Gasteiger partial charge in [0.1, 0.15) is 5.75 Å². The first-order chi connectivity index (χ1) is 12.5. The maximum atomic E-state index is 12.4. The molecule has 6 nitrogen and oxygen atoms in total. The average Bonchev–Trinajstić information content (AvgIpc) is 2.66. The molecule has 1 saturated carbocycles. The van der Waals surface area contributed by atoms with Crippen LogP contribution in [0.15, 0.2) is 12.1 Å². The molecule has 0 N–H and O–H groups in total. The molecule has 2 aliphatic rings. The Labute approximate surface area is 156 Å². The number of ether oxygens (including phenoxy) is 3. The van der Waals surface area contributed by atoms with Gasteiger partial charge in [-0.05, 0) is 18.9 Å². The highest BCUT2D eigenvalue weighted by molar-refractivity contribution is 5.79. The Hall–Kier alpha value is -1.95. The summed E-state index contributed by atoms with van der Waals surface area (Å²) in [6, 6.07) is 3.83. The van der Waals surface area contributed by atoms with Gasteiger partial charge in [0.25, 0.3) is 0 Å². The number of piperazine rings is 1. The van der Waals surface area contributed by atoms with Crippen LogP contribution in [0.5, 0.6) is 17.2 Å². The predicted molar refractivity (Wildman–Crippen MR) is 100.0 cm³/mol. The summed E-state index contributed by atoms with van der Waals surface area (Å²) in [5, 5.41) is 0. The van der Waals surface area contributed by atoms with Crippen LogP contribution in [0.3, 0.4) is 0 Å². The molecule has 2 fully saturated rings. The molecule has 0 unspecified atom stereocenters. The van der Waals surface area contributed by atoms with E-state index in [-0.39, 0.29) is 11.4 Å². The van der Waals surface area contributed by atoms with E-state index in [1.165, 1.54) is 19.3 Å². The van der Waals surface area contributed by atoms with Crippen molar-refractivity contribution < 1.29 is 19.0 Å². The van der Waals surface area contributed by atoms with Crippen molar-refractivity contribution >= 4 is 5.91 Å². The van der Waals surface area contributed by atoms with Crippen molar-refractivity contribution in [2.45, 2.75) is 44.2 Å². The largest absolute Gasteiger partial charge is 0.496 e. The van der Waals surface area contributed by atoms with Gasteiger partial charge in [-0.1, -0.05) is 19.3 Å². The monoisotopic (exact) mass is 362 g/mol. The van der Waals surface area contributed by atoms with Crippen LogP contribution in [0.4, 0.5) is 0 Å². The third-order valence-electron chi connectivity index (χ3n) is 5.89. The van der Waals surface area contributed by atoms with Crippen LogP contribution in [0.25, 0.3) is 0 Å². The fourth-order valence-corrected chi connectivity index (χ4v) is 4.41. The Morgan fingerprint density at radius 1 is 0.962 bits per heavy atom. The number of hydrogen-bond donors (Lipinski definition) is 0. The molecule has 3 rings (SSSR count). The van der Waals surface area contributed by atoms with E-state index in [1.54, 1.807) is 21.3 Å². The fourth-order valence-electron chi connectivity index (χ4n) is 4.41. The molecule has 0 radical (unpaired) electrons. The smallest absolute Gasteiger partial charge is 0.236 e. The second-order valence-corrected chi connectivity index (χ2v) is 7.41. The van der Waals surface area contributed by atoms with Gasteiger partial charge in [-0.15, -0.1) is 0 Å². The molecule has 0 bridgehead atoms. The lowest BCUT2D eigenvalue weighted by Gasteiger charge is -2.51. The molecule has 1 aliphatic heterocycles. The minimum absolute atomic E-state index is 0.0685. The lowest BCUT2D eigenvalue weighted by Crippen LogP contribution is -2.63. The van der Waals surface area contributed by atoms with Crippen LogP contribution >= 0.6 is 0 Å². The number of carbonyl (C=O) groups excluding carboxylic acids is 1. The molecule has 1 heterocycles. The van der Waals surface area contributed by atoms with Crippen molar-refractivity contribution in [1.82, 2.24) is 9.80 Å². The summed E-state index contributed by atoms with van der Waals surface area (Å²) in [5.74, 6) is 2.28. The van der Waals surface area contributed by atoms with E-state index in [1.807, 2.05) is 24.1 Å². The minimum Gasteiger partial charge on any atom is -0.496 e. The summed E-state index contributed by atoms with van der Waals surface area (Å²) in [5.41, 5.74) is 1.09. The van der Waals surface area contributed by atoms with Crippen LogP contribution in [-0.4, -0.2) is 62.7 Å². The molecular weight excluding hydrogens is 332 g/mol. The van der Waals surface area contributed by atoms with Crippen molar-refractivity contribution in [3.05, 3.63) is 17.7 Å². The van der Waals surface area contributed by atoms with E-state index in [4.69, 9.17) is 14.2 Å². The minimum atomic E-state index is 0.0685. The van der Waals surface area contributed by atoms with Gasteiger partial charge in [0, 0.05) is 37.3 Å². The fraction of sp³-hybridized carbons (Fsp3) is 0.650. The van der Waals surface area contributed by atoms with Crippen molar-refractivity contribution in [2.24, 2.45) is 0 Å². The number of methoxy groups -OCH3 is 3. The molecule has 1 aromatic carbocycles. The summed E-state index contributed by atoms with van der Waals surface area (Å²) in [6.45, 7) is 1.93. The highest BCUT2D eigenvalue weighted by Gasteiger charge is 2.44. The van der Waals surface area contributed by atoms with Crippen molar-refractivity contribution in [2.75, 3.05) is 41.5 Å². The number of carbonyl (C=O) groups is 1. The lowest BCUT2D eigenvalue weighted by atomic mass is 9.78. The second kappa shape index (κ2) is 7.74. The van der Waals surface area contributed by atoms with Crippen LogP contribution in [-0.2, 0) is 11.3 Å². The summed E-state index contributed by atoms with van der Waals surface area (Å²) < 4.78 is 16.4. The van der Waals surface area contributed by atoms with Gasteiger partial charge in [-0.3, -0.25) is 9.69 Å². The van der Waals surface area contributed by atoms with Crippen LogP contribution in [0, 0.1) is 0 Å². The number of likely N-dealkylation sites (N-methyl/N-ethyl adjacent to an activating group) is 1. The van der Waals surface area contributed by atoms with Gasteiger partial charge in [0.15, 0.2) is 11.5 Å². The number of benzene rings is 1. The van der Waals surface area contributed by atoms with Gasteiger partial charge in [0.05, 0.1) is 27.9 Å². The summed E-state index contributed by atoms with van der Waals surface area (Å²) >= 11 is 0. The zero-order valence-electron chi connectivity index (χ0n) is 16.3. The molecule has 0 aromatic heterocycles. The molecule has 6 heteroatoms. The molecule has 144 valence electrons. The molecule has 1 saturated heterocycles. The maximum absolute atomic E-state index is 12.4. The zero-order chi connectivity index (χ0) is 18.7. The Kier molecular flexibility index (Phi) is 5.61. The van der Waals surface area contributed by atoms with E-state index in [2.05, 4.69) is 4.90 Å². The summed E-state index contributed by atoms with van der Waals surface area (Å²) in [6.07, 6.45) is 6.01. The normalized spacial score (nSPS) is 20.3. The first-order valence-corrected chi connectivity index (χ1v) is 9.31. The third-order valence-corrected chi connectivity index (χ3v) is 5.89. The van der Waals surface area contributed by atoms with E-state index in [0.717, 1.165) is 30.7 Å². The van der Waals surface area contributed by atoms with Crippen molar-refractivity contribution in [3.63, 3.8) is 0 Å². The van der Waals surface area contributed by atoms with Crippen molar-refractivity contribution in [3.8, 4) is 17.2 Å². The van der Waals surface area contributed by atoms with Gasteiger partial charge < -0.3 is 19.1 Å². The lowest BCUT2D eigenvalue weighted by molar-refractivity contribution is -0.144. The molecule has 1 aromatic rings. The van der Waals surface area contributed by atoms with Gasteiger partial charge in [-0.2, -0.15) is 0 Å². The van der Waals surface area contributed by atoms with Crippen LogP contribution < -0.4 is 14.2 Å². The SMILES string of the molecule is COc1cc(OC)c(OC)cc1CN1CC(=O)N(C)CC12CCCCC2. The molecule has 1 amide bonds. The highest BCUT2D eigenvalue weighted by atomic mass is 16.5. The van der Waals surface area contributed by atoms with E-state index < -0.39 is 0 Å². The standard InChI is InChI=1S/C20H30N2O4/c1-21-14-20(8-6-5-7-9-20)22(13-19(21)23)12-15-10-17(25-3)18(26-4)11-16(15)24-2/h10-11H,5-9,12-14H2,1-4H3. The summed E-state index contributed by atoms with van der Waals surface area (Å²) in [7, 11) is 6.84. The molecule has 26 heavy (non-hydrogen) atoms. The first-order valence-electron chi connectivity index (χ1n) is 9.31. The Balaban J connectivity index is 1.93. The van der Waals surface area contributed by atoms with Gasteiger partial charge in [0.2, 0.25) is 5.91 Å². The molecule has 0 atom stereocenters. The number of amides is 1. The number of nitrogens with zero attached hydrogens (tertiary/aromatic N) is 2. The Morgan fingerprint density at radius 2 is 1.58 bits per heavy atom. The van der Waals surface area contributed by atoms with Crippen LogP contribution in [0.1, 0.15) is 37.7 Å². The van der Waals surface area contributed by atoms with Gasteiger partial charge in [-0.25, -0.2) is 0 Å². The van der Waals surface area contributed by atoms with Crippen molar-refractivity contribution in [1.29, 1.82) is 0 Å². The maximum Gasteiger partial charge on any atom is 0.236 e. The third kappa shape index (κ3) is 3.47. The van der Waals surface area contributed by atoms with E-state index in [0.29, 0.717) is 24.6 Å². The van der Waals surface area contributed by atoms with Gasteiger partial charge >= 0.3 is 0 Å². The highest BCUT2D eigenvalue weighted by Crippen LogP contribution is 2.40. The molecule has 1 spiro atoms. The quantitative estimate of drug-likeness (QED) is 0.806. The predicted octanol–water partition coefficient (Wildman–Crippen LogP) is 2.69. The Morgan fingerprint density at radius 3 is 2.19 bits per heavy atom. The van der Waals surface area contributed by atoms with Crippen LogP contribution in [0.2, 0.25) is 0 Å². The Bertz CT molecular complexity index is 655. The second-order valence-electron chi connectivity index (χ2n) is 7.41.